The van der Waals surface area contributed by atoms with E-state index in [1.807, 2.05) is 13.0 Å². The highest BCUT2D eigenvalue weighted by molar-refractivity contribution is 7.80. The number of pyridine rings is 1. The van der Waals surface area contributed by atoms with Crippen molar-refractivity contribution in [2.24, 2.45) is 5.73 Å². The molecule has 1 amide bonds. The van der Waals surface area contributed by atoms with Gasteiger partial charge < -0.3 is 16.4 Å². The normalized spacial score (nSPS) is 9.71. The van der Waals surface area contributed by atoms with Crippen molar-refractivity contribution in [3.63, 3.8) is 0 Å². The number of nitrogens with one attached hydrogen (secondary N) is 2. The first kappa shape index (κ1) is 13.4. The maximum absolute atomic E-state index is 11.2. The number of anilines is 1. The summed E-state index contributed by atoms with van der Waals surface area (Å²) in [4.78, 5) is 15.5. The van der Waals surface area contributed by atoms with Gasteiger partial charge in [-0.2, -0.15) is 0 Å². The molecular formula is C11H16N4OS. The summed E-state index contributed by atoms with van der Waals surface area (Å²) in [6.45, 7) is 3.12. The Labute approximate surface area is 106 Å². The largest absolute Gasteiger partial charge is 0.388 e. The van der Waals surface area contributed by atoms with Crippen molar-refractivity contribution in [2.45, 2.75) is 13.3 Å². The standard InChI is InChI=1S/C11H16N4OS/c1-2-13-10(16)5-6-14-8-3-4-9(11(12)17)15-7-8/h3-4,7,14H,2,5-6H2,1H3,(H2,12,17)(H,13,16). The number of nitrogens with two attached hydrogens (primary N) is 1. The van der Waals surface area contributed by atoms with Gasteiger partial charge in [-0.25, -0.2) is 0 Å². The number of nitrogens with zero attached hydrogens (tertiary/aromatic N) is 1. The van der Waals surface area contributed by atoms with Gasteiger partial charge in [0.05, 0.1) is 17.6 Å². The molecule has 0 bridgehead atoms. The van der Waals surface area contributed by atoms with Gasteiger partial charge in [0.1, 0.15) is 4.99 Å². The van der Waals surface area contributed by atoms with Crippen LogP contribution in [0.5, 0.6) is 0 Å². The Morgan fingerprint density at radius 1 is 1.53 bits per heavy atom. The van der Waals surface area contributed by atoms with E-state index in [9.17, 15) is 4.79 Å². The molecule has 0 saturated heterocycles. The van der Waals surface area contributed by atoms with Crippen LogP contribution in [0, 0.1) is 0 Å². The molecule has 0 atom stereocenters. The molecule has 5 nitrogen and oxygen atoms in total. The maximum atomic E-state index is 11.2. The molecule has 1 heterocycles. The number of thiocarbonyl (C=S) groups is 1. The summed E-state index contributed by atoms with van der Waals surface area (Å²) >= 11 is 4.80. The molecule has 0 aliphatic heterocycles. The fourth-order valence-corrected chi connectivity index (χ4v) is 1.37. The highest BCUT2D eigenvalue weighted by Gasteiger charge is 2.00. The molecule has 17 heavy (non-hydrogen) atoms. The minimum atomic E-state index is 0.0349. The predicted octanol–water partition coefficient (Wildman–Crippen LogP) is 0.654. The lowest BCUT2D eigenvalue weighted by molar-refractivity contribution is -0.120. The molecule has 1 rings (SSSR count). The quantitative estimate of drug-likeness (QED) is 0.648. The van der Waals surface area contributed by atoms with Crippen molar-refractivity contribution in [2.75, 3.05) is 18.4 Å². The smallest absolute Gasteiger partial charge is 0.221 e. The van der Waals surface area contributed by atoms with Crippen molar-refractivity contribution in [3.8, 4) is 0 Å². The monoisotopic (exact) mass is 252 g/mol. The van der Waals surface area contributed by atoms with Crippen LogP contribution in [-0.2, 0) is 4.79 Å². The molecule has 1 aromatic rings. The number of aromatic nitrogens is 1. The lowest BCUT2D eigenvalue weighted by atomic mass is 10.3. The number of rotatable bonds is 6. The van der Waals surface area contributed by atoms with Crippen LogP contribution in [0.4, 0.5) is 5.69 Å². The first-order valence-electron chi connectivity index (χ1n) is 5.40. The zero-order valence-electron chi connectivity index (χ0n) is 9.69. The highest BCUT2D eigenvalue weighted by Crippen LogP contribution is 2.05. The Kier molecular flexibility index (Phi) is 5.35. The first-order valence-corrected chi connectivity index (χ1v) is 5.80. The molecule has 6 heteroatoms. The van der Waals surface area contributed by atoms with Crippen molar-refractivity contribution >= 4 is 28.8 Å². The first-order chi connectivity index (χ1) is 8.13. The molecule has 0 aliphatic rings. The van der Waals surface area contributed by atoms with Crippen LogP contribution in [0.1, 0.15) is 19.0 Å². The van der Waals surface area contributed by atoms with E-state index < -0.39 is 0 Å². The Morgan fingerprint density at radius 2 is 2.29 bits per heavy atom. The third-order valence-corrected chi connectivity index (χ3v) is 2.28. The second-order valence-electron chi connectivity index (χ2n) is 3.43. The van der Waals surface area contributed by atoms with Gasteiger partial charge in [-0.1, -0.05) is 12.2 Å². The molecule has 0 fully saturated rings. The van der Waals surface area contributed by atoms with Crippen molar-refractivity contribution < 1.29 is 4.79 Å². The molecule has 0 saturated carbocycles. The third-order valence-electron chi connectivity index (χ3n) is 2.07. The lowest BCUT2D eigenvalue weighted by Gasteiger charge is -2.06. The summed E-state index contributed by atoms with van der Waals surface area (Å²) in [5, 5.41) is 5.82. The minimum Gasteiger partial charge on any atom is -0.388 e. The van der Waals surface area contributed by atoms with E-state index in [0.29, 0.717) is 25.2 Å². The van der Waals surface area contributed by atoms with E-state index in [1.165, 1.54) is 0 Å². The van der Waals surface area contributed by atoms with Crippen LogP contribution in [0.2, 0.25) is 0 Å². The van der Waals surface area contributed by atoms with Crippen LogP contribution in [0.15, 0.2) is 18.3 Å². The second-order valence-corrected chi connectivity index (χ2v) is 3.87. The van der Waals surface area contributed by atoms with Gasteiger partial charge >= 0.3 is 0 Å². The van der Waals surface area contributed by atoms with E-state index in [4.69, 9.17) is 18.0 Å². The zero-order valence-corrected chi connectivity index (χ0v) is 10.5. The molecule has 92 valence electrons. The molecule has 0 unspecified atom stereocenters. The molecule has 0 aliphatic carbocycles. The van der Waals surface area contributed by atoms with Gasteiger partial charge in [-0.05, 0) is 19.1 Å². The number of hydrogen-bond acceptors (Lipinski definition) is 4. The van der Waals surface area contributed by atoms with E-state index in [2.05, 4.69) is 15.6 Å². The fourth-order valence-electron chi connectivity index (χ4n) is 1.25. The highest BCUT2D eigenvalue weighted by atomic mass is 32.1. The Morgan fingerprint density at radius 3 is 2.82 bits per heavy atom. The van der Waals surface area contributed by atoms with Crippen molar-refractivity contribution in [1.29, 1.82) is 0 Å². The molecule has 0 aromatic carbocycles. The SMILES string of the molecule is CCNC(=O)CCNc1ccc(C(N)=S)nc1. The summed E-state index contributed by atoms with van der Waals surface area (Å²) in [6.07, 6.45) is 2.08. The van der Waals surface area contributed by atoms with Crippen molar-refractivity contribution in [1.82, 2.24) is 10.3 Å². The third kappa shape index (κ3) is 4.78. The van der Waals surface area contributed by atoms with Gasteiger partial charge in [0.25, 0.3) is 0 Å². The average molecular weight is 252 g/mol. The summed E-state index contributed by atoms with van der Waals surface area (Å²) in [5.74, 6) is 0.0349. The van der Waals surface area contributed by atoms with E-state index in [0.717, 1.165) is 5.69 Å². The zero-order chi connectivity index (χ0) is 12.7. The Bertz CT molecular complexity index is 391. The molecule has 0 radical (unpaired) electrons. The van der Waals surface area contributed by atoms with Gasteiger partial charge in [0.2, 0.25) is 5.91 Å². The predicted molar refractivity (Wildman–Crippen MR) is 71.9 cm³/mol. The van der Waals surface area contributed by atoms with Gasteiger partial charge in [0.15, 0.2) is 0 Å². The van der Waals surface area contributed by atoms with Gasteiger partial charge in [-0.15, -0.1) is 0 Å². The summed E-state index contributed by atoms with van der Waals surface area (Å²) < 4.78 is 0. The van der Waals surface area contributed by atoms with Gasteiger partial charge in [0, 0.05) is 19.5 Å². The van der Waals surface area contributed by atoms with Crippen LogP contribution < -0.4 is 16.4 Å². The summed E-state index contributed by atoms with van der Waals surface area (Å²) in [5.41, 5.74) is 6.87. The topological polar surface area (TPSA) is 80.0 Å². The van der Waals surface area contributed by atoms with Crippen molar-refractivity contribution in [3.05, 3.63) is 24.0 Å². The van der Waals surface area contributed by atoms with E-state index in [1.54, 1.807) is 12.3 Å². The molecule has 1 aromatic heterocycles. The Hall–Kier alpha value is -1.69. The minimum absolute atomic E-state index is 0.0349. The van der Waals surface area contributed by atoms with Crippen LogP contribution in [0.25, 0.3) is 0 Å². The van der Waals surface area contributed by atoms with Crippen LogP contribution >= 0.6 is 12.2 Å². The number of carbonyl (C=O) groups is 1. The molecular weight excluding hydrogens is 236 g/mol. The lowest BCUT2D eigenvalue weighted by Crippen LogP contribution is -2.24. The van der Waals surface area contributed by atoms with Crippen LogP contribution in [0.3, 0.4) is 0 Å². The van der Waals surface area contributed by atoms with E-state index in [-0.39, 0.29) is 10.9 Å². The molecule has 4 N–H and O–H groups in total. The Balaban J connectivity index is 2.37. The van der Waals surface area contributed by atoms with Crippen LogP contribution in [-0.4, -0.2) is 29.0 Å². The van der Waals surface area contributed by atoms with E-state index >= 15 is 0 Å². The number of carbonyl (C=O) groups excluding carboxylic acids is 1. The fraction of sp³-hybridized carbons (Fsp3) is 0.364. The summed E-state index contributed by atoms with van der Waals surface area (Å²) in [6, 6.07) is 3.58. The number of amides is 1. The average Bonchev–Trinajstić information content (AvgIpc) is 2.30. The molecule has 0 spiro atoms. The second kappa shape index (κ2) is 6.80. The number of hydrogen-bond donors (Lipinski definition) is 3. The maximum Gasteiger partial charge on any atom is 0.221 e. The summed E-state index contributed by atoms with van der Waals surface area (Å²) in [7, 11) is 0. The van der Waals surface area contributed by atoms with Gasteiger partial charge in [-0.3, -0.25) is 9.78 Å².